The SMILES string of the molecule is CCOC(=O)c1cc(C(=O)N2CCc3[nH]ncc3C2)cc([N+](=O)[O-])c1. The molecule has 0 fully saturated rings. The van der Waals surface area contributed by atoms with E-state index in [0.717, 1.165) is 17.3 Å². The van der Waals surface area contributed by atoms with Crippen molar-refractivity contribution in [1.82, 2.24) is 15.1 Å². The summed E-state index contributed by atoms with van der Waals surface area (Å²) in [7, 11) is 0. The Morgan fingerprint density at radius 1 is 1.36 bits per heavy atom. The zero-order valence-electron chi connectivity index (χ0n) is 13.5. The van der Waals surface area contributed by atoms with Gasteiger partial charge in [0.15, 0.2) is 0 Å². The Kier molecular flexibility index (Phi) is 4.46. The average molecular weight is 344 g/mol. The van der Waals surface area contributed by atoms with Gasteiger partial charge < -0.3 is 9.64 Å². The summed E-state index contributed by atoms with van der Waals surface area (Å²) in [4.78, 5) is 36.7. The minimum absolute atomic E-state index is 0.0135. The maximum atomic E-state index is 12.8. The number of nitro groups is 1. The summed E-state index contributed by atoms with van der Waals surface area (Å²) in [5, 5.41) is 18.0. The molecule has 0 saturated heterocycles. The quantitative estimate of drug-likeness (QED) is 0.512. The van der Waals surface area contributed by atoms with Gasteiger partial charge in [0.05, 0.1) is 23.3 Å². The monoisotopic (exact) mass is 344 g/mol. The summed E-state index contributed by atoms with van der Waals surface area (Å²) in [6, 6.07) is 3.62. The van der Waals surface area contributed by atoms with Gasteiger partial charge in [0.25, 0.3) is 11.6 Å². The van der Waals surface area contributed by atoms with E-state index < -0.39 is 10.9 Å². The average Bonchev–Trinajstić information content (AvgIpc) is 3.08. The summed E-state index contributed by atoms with van der Waals surface area (Å²) >= 11 is 0. The molecule has 1 amide bonds. The topological polar surface area (TPSA) is 118 Å². The summed E-state index contributed by atoms with van der Waals surface area (Å²) in [6.45, 7) is 2.60. The Morgan fingerprint density at radius 3 is 2.84 bits per heavy atom. The number of nitrogens with zero attached hydrogens (tertiary/aromatic N) is 3. The molecule has 1 aromatic heterocycles. The van der Waals surface area contributed by atoms with Gasteiger partial charge in [-0.05, 0) is 13.0 Å². The molecule has 0 bridgehead atoms. The molecule has 9 heteroatoms. The molecular formula is C16H16N4O5. The second-order valence-corrected chi connectivity index (χ2v) is 5.60. The Morgan fingerprint density at radius 2 is 2.12 bits per heavy atom. The van der Waals surface area contributed by atoms with E-state index in [1.807, 2.05) is 0 Å². The van der Waals surface area contributed by atoms with Crippen LogP contribution in [0.3, 0.4) is 0 Å². The van der Waals surface area contributed by atoms with Crippen LogP contribution in [0.15, 0.2) is 24.4 Å². The molecule has 25 heavy (non-hydrogen) atoms. The highest BCUT2D eigenvalue weighted by Crippen LogP contribution is 2.22. The van der Waals surface area contributed by atoms with Crippen molar-refractivity contribution >= 4 is 17.6 Å². The van der Waals surface area contributed by atoms with Gasteiger partial charge >= 0.3 is 5.97 Å². The van der Waals surface area contributed by atoms with E-state index in [1.54, 1.807) is 18.0 Å². The van der Waals surface area contributed by atoms with E-state index in [4.69, 9.17) is 4.74 Å². The van der Waals surface area contributed by atoms with E-state index in [2.05, 4.69) is 10.2 Å². The van der Waals surface area contributed by atoms with Gasteiger partial charge in [0.1, 0.15) is 0 Å². The summed E-state index contributed by atoms with van der Waals surface area (Å²) in [5.41, 5.74) is 1.64. The zero-order valence-corrected chi connectivity index (χ0v) is 13.5. The standard InChI is InChI=1S/C16H16N4O5/c1-2-25-16(22)11-5-10(6-13(7-11)20(23)24)15(21)19-4-3-14-12(9-19)8-17-18-14/h5-8H,2-4,9H2,1H3,(H,17,18). The van der Waals surface area contributed by atoms with Crippen LogP contribution in [0.5, 0.6) is 0 Å². The number of nitro benzene ring substituents is 1. The van der Waals surface area contributed by atoms with E-state index in [1.165, 1.54) is 12.1 Å². The Balaban J connectivity index is 1.91. The number of amides is 1. The predicted octanol–water partition coefficient (Wildman–Crippen LogP) is 1.69. The maximum Gasteiger partial charge on any atom is 0.338 e. The molecule has 1 aliphatic heterocycles. The summed E-state index contributed by atoms with van der Waals surface area (Å²) in [6.07, 6.45) is 2.28. The van der Waals surface area contributed by atoms with Crippen LogP contribution >= 0.6 is 0 Å². The lowest BCUT2D eigenvalue weighted by Gasteiger charge is -2.26. The number of non-ortho nitro benzene ring substituents is 1. The largest absolute Gasteiger partial charge is 0.462 e. The predicted molar refractivity (Wildman–Crippen MR) is 86.1 cm³/mol. The number of aromatic nitrogens is 2. The highest BCUT2D eigenvalue weighted by molar-refractivity contribution is 5.99. The van der Waals surface area contributed by atoms with Crippen LogP contribution in [0.1, 0.15) is 38.9 Å². The highest BCUT2D eigenvalue weighted by Gasteiger charge is 2.25. The minimum atomic E-state index is -0.698. The van der Waals surface area contributed by atoms with Gasteiger partial charge in [-0.2, -0.15) is 5.10 Å². The van der Waals surface area contributed by atoms with Crippen molar-refractivity contribution in [1.29, 1.82) is 0 Å². The molecule has 0 saturated carbocycles. The molecule has 1 aliphatic rings. The number of hydrogen-bond donors (Lipinski definition) is 1. The van der Waals surface area contributed by atoms with Crippen LogP contribution in [0.2, 0.25) is 0 Å². The summed E-state index contributed by atoms with van der Waals surface area (Å²) < 4.78 is 4.88. The summed E-state index contributed by atoms with van der Waals surface area (Å²) in [5.74, 6) is -1.07. The second kappa shape index (κ2) is 6.71. The fourth-order valence-corrected chi connectivity index (χ4v) is 2.75. The Labute approximate surface area is 142 Å². The van der Waals surface area contributed by atoms with Crippen LogP contribution in [0.4, 0.5) is 5.69 Å². The number of rotatable bonds is 4. The van der Waals surface area contributed by atoms with E-state index in [9.17, 15) is 19.7 Å². The number of H-pyrrole nitrogens is 1. The van der Waals surface area contributed by atoms with Gasteiger partial charge in [0, 0.05) is 48.5 Å². The second-order valence-electron chi connectivity index (χ2n) is 5.60. The van der Waals surface area contributed by atoms with Gasteiger partial charge in [-0.15, -0.1) is 0 Å². The fourth-order valence-electron chi connectivity index (χ4n) is 2.75. The Hall–Kier alpha value is -3.23. The van der Waals surface area contributed by atoms with Crippen LogP contribution in [0, 0.1) is 10.1 Å². The Bertz CT molecular complexity index is 845. The van der Waals surface area contributed by atoms with E-state index >= 15 is 0 Å². The number of carbonyl (C=O) groups excluding carboxylic acids is 2. The highest BCUT2D eigenvalue weighted by atomic mass is 16.6. The molecule has 3 rings (SSSR count). The molecule has 0 atom stereocenters. The first-order valence-corrected chi connectivity index (χ1v) is 7.76. The lowest BCUT2D eigenvalue weighted by Crippen LogP contribution is -2.35. The van der Waals surface area contributed by atoms with Crippen molar-refractivity contribution in [3.8, 4) is 0 Å². The number of ether oxygens (including phenoxy) is 1. The van der Waals surface area contributed by atoms with Crippen molar-refractivity contribution in [2.24, 2.45) is 0 Å². The van der Waals surface area contributed by atoms with E-state index in [0.29, 0.717) is 19.5 Å². The third kappa shape index (κ3) is 3.35. The first-order valence-electron chi connectivity index (χ1n) is 7.76. The van der Waals surface area contributed by atoms with Crippen LogP contribution in [-0.4, -0.2) is 45.0 Å². The molecule has 0 aliphatic carbocycles. The molecular weight excluding hydrogens is 328 g/mol. The van der Waals surface area contributed by atoms with Crippen molar-refractivity contribution in [3.63, 3.8) is 0 Å². The third-order valence-electron chi connectivity index (χ3n) is 3.97. The first kappa shape index (κ1) is 16.6. The molecule has 0 radical (unpaired) electrons. The zero-order chi connectivity index (χ0) is 18.0. The molecule has 130 valence electrons. The van der Waals surface area contributed by atoms with Gasteiger partial charge in [-0.1, -0.05) is 0 Å². The first-order chi connectivity index (χ1) is 12.0. The van der Waals surface area contributed by atoms with Gasteiger partial charge in [-0.3, -0.25) is 20.0 Å². The number of aromatic amines is 1. The van der Waals surface area contributed by atoms with Crippen molar-refractivity contribution in [2.45, 2.75) is 19.9 Å². The minimum Gasteiger partial charge on any atom is -0.462 e. The van der Waals surface area contributed by atoms with Crippen molar-refractivity contribution < 1.29 is 19.2 Å². The number of esters is 1. The maximum absolute atomic E-state index is 12.8. The number of nitrogens with one attached hydrogen (secondary N) is 1. The normalized spacial score (nSPS) is 13.2. The third-order valence-corrected chi connectivity index (χ3v) is 3.97. The molecule has 2 aromatic rings. The molecule has 0 unspecified atom stereocenters. The fraction of sp³-hybridized carbons (Fsp3) is 0.312. The number of carbonyl (C=O) groups is 2. The van der Waals surface area contributed by atoms with Crippen LogP contribution in [-0.2, 0) is 17.7 Å². The van der Waals surface area contributed by atoms with Crippen molar-refractivity contribution in [3.05, 3.63) is 56.9 Å². The van der Waals surface area contributed by atoms with Gasteiger partial charge in [-0.25, -0.2) is 4.79 Å². The lowest BCUT2D eigenvalue weighted by molar-refractivity contribution is -0.384. The molecule has 1 aromatic carbocycles. The molecule has 9 nitrogen and oxygen atoms in total. The van der Waals surface area contributed by atoms with Crippen LogP contribution < -0.4 is 0 Å². The smallest absolute Gasteiger partial charge is 0.338 e. The van der Waals surface area contributed by atoms with E-state index in [-0.39, 0.29) is 29.3 Å². The number of benzene rings is 1. The molecule has 0 spiro atoms. The van der Waals surface area contributed by atoms with Crippen LogP contribution in [0.25, 0.3) is 0 Å². The number of fused-ring (bicyclic) bond motifs is 1. The number of hydrogen-bond acceptors (Lipinski definition) is 6. The van der Waals surface area contributed by atoms with Gasteiger partial charge in [0.2, 0.25) is 0 Å². The molecule has 1 N–H and O–H groups in total. The van der Waals surface area contributed by atoms with Crippen molar-refractivity contribution in [2.75, 3.05) is 13.2 Å². The molecule has 2 heterocycles. The lowest BCUT2D eigenvalue weighted by atomic mass is 10.0.